The number of carbonyl (C=O) groups excluding carboxylic acids is 1. The Morgan fingerprint density at radius 3 is 2.95 bits per heavy atom. The third-order valence-electron chi connectivity index (χ3n) is 3.56. The van der Waals surface area contributed by atoms with Gasteiger partial charge in [-0.1, -0.05) is 37.6 Å². The number of anilines is 1. The predicted molar refractivity (Wildman–Crippen MR) is 83.2 cm³/mol. The summed E-state index contributed by atoms with van der Waals surface area (Å²) in [6.45, 7) is 8.33. The van der Waals surface area contributed by atoms with Gasteiger partial charge >= 0.3 is 0 Å². The van der Waals surface area contributed by atoms with Gasteiger partial charge < -0.3 is 15.5 Å². The van der Waals surface area contributed by atoms with Crippen molar-refractivity contribution < 1.29 is 4.79 Å². The lowest BCUT2D eigenvalue weighted by Gasteiger charge is -2.36. The molecule has 1 atom stereocenters. The Kier molecular flexibility index (Phi) is 4.89. The minimum atomic E-state index is -0.193. The number of para-hydroxylation sites is 1. The van der Waals surface area contributed by atoms with Gasteiger partial charge in [0.2, 0.25) is 5.91 Å². The van der Waals surface area contributed by atoms with Crippen LogP contribution in [0.25, 0.3) is 0 Å². The number of benzene rings is 1. The van der Waals surface area contributed by atoms with E-state index in [2.05, 4.69) is 35.4 Å². The fourth-order valence-electron chi connectivity index (χ4n) is 2.43. The minimum absolute atomic E-state index is 0.0546. The topological polar surface area (TPSA) is 44.4 Å². The molecule has 0 spiro atoms. The molecule has 1 saturated heterocycles. The van der Waals surface area contributed by atoms with Crippen molar-refractivity contribution in [2.24, 2.45) is 0 Å². The molecule has 1 aliphatic rings. The second kappa shape index (κ2) is 6.46. The summed E-state index contributed by atoms with van der Waals surface area (Å²) in [6, 6.07) is 6.12. The van der Waals surface area contributed by atoms with E-state index in [-0.39, 0.29) is 11.9 Å². The van der Waals surface area contributed by atoms with Gasteiger partial charge in [-0.25, -0.2) is 0 Å². The van der Waals surface area contributed by atoms with E-state index in [9.17, 15) is 4.79 Å². The number of hydrogen-bond acceptors (Lipinski definition) is 3. The first-order valence-corrected chi connectivity index (χ1v) is 7.43. The molecular formula is C15H22ClN3O. The van der Waals surface area contributed by atoms with Crippen LogP contribution < -0.4 is 15.5 Å². The number of piperazine rings is 1. The number of nitrogens with one attached hydrogen (secondary N) is 2. The normalized spacial score (nSPS) is 19.4. The van der Waals surface area contributed by atoms with Crippen molar-refractivity contribution in [1.29, 1.82) is 0 Å². The van der Waals surface area contributed by atoms with Crippen molar-refractivity contribution in [3.63, 3.8) is 0 Å². The molecule has 2 N–H and O–H groups in total. The average molecular weight is 296 g/mol. The van der Waals surface area contributed by atoms with Crippen LogP contribution in [0.5, 0.6) is 0 Å². The molecule has 2 rings (SSSR count). The Hall–Kier alpha value is -1.26. The Bertz CT molecular complexity index is 490. The molecule has 1 aliphatic heterocycles. The number of hydrogen-bond donors (Lipinski definition) is 2. The van der Waals surface area contributed by atoms with Crippen LogP contribution in [-0.4, -0.2) is 31.1 Å². The molecule has 0 radical (unpaired) electrons. The van der Waals surface area contributed by atoms with Crippen molar-refractivity contribution in [1.82, 2.24) is 10.6 Å². The van der Waals surface area contributed by atoms with Crippen molar-refractivity contribution in [3.8, 4) is 0 Å². The first-order chi connectivity index (χ1) is 9.50. The van der Waals surface area contributed by atoms with Gasteiger partial charge in [0.1, 0.15) is 6.04 Å². The molecule has 5 heteroatoms. The molecule has 1 unspecified atom stereocenters. The van der Waals surface area contributed by atoms with Gasteiger partial charge in [-0.05, 0) is 18.6 Å². The van der Waals surface area contributed by atoms with Crippen LogP contribution in [-0.2, 0) is 11.3 Å². The van der Waals surface area contributed by atoms with Crippen LogP contribution in [0.4, 0.5) is 5.69 Å². The first-order valence-electron chi connectivity index (χ1n) is 7.06. The monoisotopic (exact) mass is 295 g/mol. The average Bonchev–Trinajstić information content (AvgIpc) is 2.40. The first kappa shape index (κ1) is 15.1. The van der Waals surface area contributed by atoms with E-state index >= 15 is 0 Å². The number of rotatable bonds is 4. The number of carbonyl (C=O) groups is 1. The summed E-state index contributed by atoms with van der Waals surface area (Å²) >= 11 is 6.39. The van der Waals surface area contributed by atoms with E-state index in [4.69, 9.17) is 11.6 Å². The van der Waals surface area contributed by atoms with E-state index < -0.39 is 0 Å². The maximum Gasteiger partial charge on any atom is 0.242 e. The molecule has 1 heterocycles. The highest BCUT2D eigenvalue weighted by molar-refractivity contribution is 6.33. The zero-order valence-electron chi connectivity index (χ0n) is 12.2. The van der Waals surface area contributed by atoms with Gasteiger partial charge in [0.15, 0.2) is 0 Å². The van der Waals surface area contributed by atoms with Crippen molar-refractivity contribution in [3.05, 3.63) is 28.8 Å². The molecule has 0 aliphatic carbocycles. The van der Waals surface area contributed by atoms with Crippen LogP contribution in [0.2, 0.25) is 5.02 Å². The van der Waals surface area contributed by atoms with Gasteiger partial charge in [-0.3, -0.25) is 4.79 Å². The number of amides is 1. The SMILES string of the molecule is CC(C)NCc1cccc(Cl)c1N1CCNC(=O)C1C. The van der Waals surface area contributed by atoms with Crippen molar-refractivity contribution >= 4 is 23.2 Å². The zero-order chi connectivity index (χ0) is 14.7. The second-order valence-corrected chi connectivity index (χ2v) is 5.85. The fourth-order valence-corrected chi connectivity index (χ4v) is 2.73. The van der Waals surface area contributed by atoms with Gasteiger partial charge in [0.25, 0.3) is 0 Å². The quantitative estimate of drug-likeness (QED) is 0.895. The van der Waals surface area contributed by atoms with Gasteiger partial charge in [0.05, 0.1) is 10.7 Å². The molecule has 4 nitrogen and oxygen atoms in total. The molecule has 20 heavy (non-hydrogen) atoms. The lowest BCUT2D eigenvalue weighted by Crippen LogP contribution is -2.54. The standard InChI is InChI=1S/C15H22ClN3O/c1-10(2)18-9-12-5-4-6-13(16)14(12)19-8-7-17-15(20)11(19)3/h4-6,10-11,18H,7-9H2,1-3H3,(H,17,20). The fraction of sp³-hybridized carbons (Fsp3) is 0.533. The Balaban J connectivity index is 2.31. The lowest BCUT2D eigenvalue weighted by molar-refractivity contribution is -0.122. The molecule has 110 valence electrons. The van der Waals surface area contributed by atoms with Gasteiger partial charge in [0, 0.05) is 25.7 Å². The maximum atomic E-state index is 11.9. The highest BCUT2D eigenvalue weighted by Crippen LogP contribution is 2.32. The molecule has 1 amide bonds. The van der Waals surface area contributed by atoms with E-state index in [0.29, 0.717) is 17.6 Å². The predicted octanol–water partition coefficient (Wildman–Crippen LogP) is 2.16. The Morgan fingerprint density at radius 1 is 1.50 bits per heavy atom. The summed E-state index contributed by atoms with van der Waals surface area (Å²) < 4.78 is 0. The third kappa shape index (κ3) is 3.25. The lowest BCUT2D eigenvalue weighted by atomic mass is 10.1. The molecule has 0 saturated carbocycles. The maximum absolute atomic E-state index is 11.9. The molecule has 1 fully saturated rings. The summed E-state index contributed by atoms with van der Waals surface area (Å²) in [5.74, 6) is 0.0546. The molecule has 0 bridgehead atoms. The summed E-state index contributed by atoms with van der Waals surface area (Å²) in [5, 5.41) is 6.99. The zero-order valence-corrected chi connectivity index (χ0v) is 13.0. The highest BCUT2D eigenvalue weighted by atomic mass is 35.5. The summed E-state index contributed by atoms with van der Waals surface area (Å²) in [4.78, 5) is 14.0. The number of halogens is 1. The van der Waals surface area contributed by atoms with E-state index in [1.54, 1.807) is 0 Å². The second-order valence-electron chi connectivity index (χ2n) is 5.44. The van der Waals surface area contributed by atoms with E-state index in [1.165, 1.54) is 0 Å². The van der Waals surface area contributed by atoms with Crippen LogP contribution in [0.3, 0.4) is 0 Å². The van der Waals surface area contributed by atoms with Crippen LogP contribution in [0, 0.1) is 0 Å². The number of nitrogens with zero attached hydrogens (tertiary/aromatic N) is 1. The Labute approximate surface area is 125 Å². The van der Waals surface area contributed by atoms with Gasteiger partial charge in [-0.15, -0.1) is 0 Å². The molecule has 1 aromatic carbocycles. The summed E-state index contributed by atoms with van der Waals surface area (Å²) in [6.07, 6.45) is 0. The van der Waals surface area contributed by atoms with Crippen molar-refractivity contribution in [2.45, 2.75) is 39.4 Å². The van der Waals surface area contributed by atoms with Crippen LogP contribution in [0.1, 0.15) is 26.3 Å². The minimum Gasteiger partial charge on any atom is -0.357 e. The highest BCUT2D eigenvalue weighted by Gasteiger charge is 2.28. The molecular weight excluding hydrogens is 274 g/mol. The van der Waals surface area contributed by atoms with Crippen LogP contribution >= 0.6 is 11.6 Å². The molecule has 1 aromatic rings. The smallest absolute Gasteiger partial charge is 0.242 e. The summed E-state index contributed by atoms with van der Waals surface area (Å²) in [5.41, 5.74) is 2.11. The Morgan fingerprint density at radius 2 is 2.25 bits per heavy atom. The summed E-state index contributed by atoms with van der Waals surface area (Å²) in [7, 11) is 0. The third-order valence-corrected chi connectivity index (χ3v) is 3.86. The van der Waals surface area contributed by atoms with Crippen molar-refractivity contribution in [2.75, 3.05) is 18.0 Å². The van der Waals surface area contributed by atoms with E-state index in [1.807, 2.05) is 19.1 Å². The van der Waals surface area contributed by atoms with Crippen LogP contribution in [0.15, 0.2) is 18.2 Å². The largest absolute Gasteiger partial charge is 0.357 e. The van der Waals surface area contributed by atoms with Gasteiger partial charge in [-0.2, -0.15) is 0 Å². The van der Waals surface area contributed by atoms with E-state index in [0.717, 1.165) is 24.3 Å². The molecule has 0 aromatic heterocycles.